The molecule has 1 aromatic rings. The fourth-order valence-corrected chi connectivity index (χ4v) is 1.49. The van der Waals surface area contributed by atoms with Gasteiger partial charge in [0.2, 0.25) is 0 Å². The van der Waals surface area contributed by atoms with Crippen molar-refractivity contribution in [2.75, 3.05) is 0 Å². The Kier molecular flexibility index (Phi) is 4.06. The first-order valence-corrected chi connectivity index (χ1v) is 5.11. The van der Waals surface area contributed by atoms with Crippen LogP contribution in [0.3, 0.4) is 0 Å². The lowest BCUT2D eigenvalue weighted by Gasteiger charge is -2.14. The Bertz CT molecular complexity index is 325. The third-order valence-electron chi connectivity index (χ3n) is 2.46. The zero-order chi connectivity index (χ0) is 11.4. The molecular formula is C13H18O2. The first-order valence-electron chi connectivity index (χ1n) is 5.11. The van der Waals surface area contributed by atoms with Crippen molar-refractivity contribution >= 4 is 0 Å². The Hall–Kier alpha value is -1.12. The Morgan fingerprint density at radius 3 is 2.00 bits per heavy atom. The Morgan fingerprint density at radius 2 is 1.67 bits per heavy atom. The van der Waals surface area contributed by atoms with E-state index < -0.39 is 6.10 Å². The quantitative estimate of drug-likeness (QED) is 0.459. The summed E-state index contributed by atoms with van der Waals surface area (Å²) in [5.41, 5.74) is 2.99. The molecule has 1 rings (SSSR count). The van der Waals surface area contributed by atoms with Gasteiger partial charge in [0.1, 0.15) is 6.10 Å². The predicted octanol–water partition coefficient (Wildman–Crippen LogP) is 3.92. The summed E-state index contributed by atoms with van der Waals surface area (Å²) in [7, 11) is 0. The second-order valence-electron chi connectivity index (χ2n) is 4.15. The molecule has 0 aliphatic rings. The second-order valence-corrected chi connectivity index (χ2v) is 4.15. The molecule has 2 nitrogen and oxygen atoms in total. The highest BCUT2D eigenvalue weighted by Crippen LogP contribution is 2.25. The zero-order valence-electron chi connectivity index (χ0n) is 9.53. The van der Waals surface area contributed by atoms with Crippen molar-refractivity contribution in [2.45, 2.75) is 32.8 Å². The lowest BCUT2D eigenvalue weighted by atomic mass is 9.98. The minimum atomic E-state index is -0.425. The molecule has 2 heteroatoms. The van der Waals surface area contributed by atoms with Gasteiger partial charge in [-0.2, -0.15) is 0 Å². The van der Waals surface area contributed by atoms with Crippen LogP contribution in [0.15, 0.2) is 36.4 Å². The molecule has 0 bridgehead atoms. The van der Waals surface area contributed by atoms with Gasteiger partial charge in [-0.1, -0.05) is 44.7 Å². The standard InChI is InChI=1S/C13H18O2/c1-9(2)11-5-7-12(8-6-11)13(15-14)10(3)4/h5-9,13-14H,3H2,1-2,4H3. The van der Waals surface area contributed by atoms with Crippen molar-refractivity contribution in [3.63, 3.8) is 0 Å². The molecule has 0 spiro atoms. The van der Waals surface area contributed by atoms with E-state index in [1.807, 2.05) is 19.1 Å². The summed E-state index contributed by atoms with van der Waals surface area (Å²) < 4.78 is 0. The fraction of sp³-hybridized carbons (Fsp3) is 0.385. The first kappa shape index (κ1) is 12.0. The van der Waals surface area contributed by atoms with E-state index in [2.05, 4.69) is 37.4 Å². The van der Waals surface area contributed by atoms with E-state index >= 15 is 0 Å². The molecule has 0 aromatic heterocycles. The van der Waals surface area contributed by atoms with Crippen LogP contribution in [-0.4, -0.2) is 5.26 Å². The molecule has 0 fully saturated rings. The topological polar surface area (TPSA) is 29.5 Å². The van der Waals surface area contributed by atoms with Gasteiger partial charge in [-0.15, -0.1) is 0 Å². The van der Waals surface area contributed by atoms with E-state index in [9.17, 15) is 0 Å². The molecular weight excluding hydrogens is 188 g/mol. The highest BCUT2D eigenvalue weighted by atomic mass is 17.1. The van der Waals surface area contributed by atoms with Crippen LogP contribution in [0, 0.1) is 0 Å². The third-order valence-corrected chi connectivity index (χ3v) is 2.46. The van der Waals surface area contributed by atoms with Gasteiger partial charge >= 0.3 is 0 Å². The molecule has 0 saturated carbocycles. The summed E-state index contributed by atoms with van der Waals surface area (Å²) in [5.74, 6) is 0.511. The summed E-state index contributed by atoms with van der Waals surface area (Å²) in [4.78, 5) is 4.40. The maximum absolute atomic E-state index is 8.77. The maximum Gasteiger partial charge on any atom is 0.138 e. The number of hydrogen-bond donors (Lipinski definition) is 1. The van der Waals surface area contributed by atoms with Gasteiger partial charge in [0, 0.05) is 0 Å². The van der Waals surface area contributed by atoms with Crippen LogP contribution in [-0.2, 0) is 4.89 Å². The summed E-state index contributed by atoms with van der Waals surface area (Å²) >= 11 is 0. The van der Waals surface area contributed by atoms with Crippen molar-refractivity contribution in [3.8, 4) is 0 Å². The van der Waals surface area contributed by atoms with E-state index in [0.29, 0.717) is 5.92 Å². The summed E-state index contributed by atoms with van der Waals surface area (Å²) in [6, 6.07) is 8.03. The molecule has 1 atom stereocenters. The van der Waals surface area contributed by atoms with Crippen molar-refractivity contribution < 1.29 is 10.1 Å². The molecule has 0 aliphatic carbocycles. The molecule has 82 valence electrons. The van der Waals surface area contributed by atoms with E-state index in [-0.39, 0.29) is 0 Å². The minimum absolute atomic E-state index is 0.425. The predicted molar refractivity (Wildman–Crippen MR) is 61.8 cm³/mol. The van der Waals surface area contributed by atoms with Crippen LogP contribution in [0.2, 0.25) is 0 Å². The van der Waals surface area contributed by atoms with Crippen molar-refractivity contribution in [1.29, 1.82) is 0 Å². The number of benzene rings is 1. The third kappa shape index (κ3) is 2.91. The molecule has 1 aromatic carbocycles. The molecule has 0 radical (unpaired) electrons. The lowest BCUT2D eigenvalue weighted by molar-refractivity contribution is -0.271. The van der Waals surface area contributed by atoms with Gasteiger partial charge in [-0.3, -0.25) is 5.26 Å². The van der Waals surface area contributed by atoms with Crippen LogP contribution in [0.4, 0.5) is 0 Å². The van der Waals surface area contributed by atoms with Crippen LogP contribution < -0.4 is 0 Å². The van der Waals surface area contributed by atoms with Gasteiger partial charge in [-0.05, 0) is 29.5 Å². The molecule has 0 aliphatic heterocycles. The normalized spacial score (nSPS) is 12.9. The Balaban J connectivity index is 2.92. The summed E-state index contributed by atoms with van der Waals surface area (Å²) in [5, 5.41) is 8.77. The Labute approximate surface area is 91.1 Å². The monoisotopic (exact) mass is 206 g/mol. The maximum atomic E-state index is 8.77. The van der Waals surface area contributed by atoms with Crippen LogP contribution in [0.5, 0.6) is 0 Å². The van der Waals surface area contributed by atoms with Gasteiger partial charge in [0.05, 0.1) is 0 Å². The largest absolute Gasteiger partial charge is 0.251 e. The lowest BCUT2D eigenvalue weighted by Crippen LogP contribution is -2.02. The highest BCUT2D eigenvalue weighted by molar-refractivity contribution is 5.29. The van der Waals surface area contributed by atoms with Crippen LogP contribution in [0.25, 0.3) is 0 Å². The smallest absolute Gasteiger partial charge is 0.138 e. The highest BCUT2D eigenvalue weighted by Gasteiger charge is 2.12. The van der Waals surface area contributed by atoms with Crippen LogP contribution in [0.1, 0.15) is 43.9 Å². The second kappa shape index (κ2) is 5.10. The SMILES string of the molecule is C=C(C)C(OO)c1ccc(C(C)C)cc1. The van der Waals surface area contributed by atoms with Crippen molar-refractivity contribution in [2.24, 2.45) is 0 Å². The molecule has 0 saturated heterocycles. The van der Waals surface area contributed by atoms with Gasteiger partial charge in [0.25, 0.3) is 0 Å². The zero-order valence-corrected chi connectivity index (χ0v) is 9.53. The Morgan fingerprint density at radius 1 is 1.20 bits per heavy atom. The first-order chi connectivity index (χ1) is 7.06. The summed E-state index contributed by atoms with van der Waals surface area (Å²) in [6.45, 7) is 9.90. The van der Waals surface area contributed by atoms with Crippen LogP contribution >= 0.6 is 0 Å². The van der Waals surface area contributed by atoms with Crippen molar-refractivity contribution in [3.05, 3.63) is 47.5 Å². The fourth-order valence-electron chi connectivity index (χ4n) is 1.49. The average Bonchev–Trinajstić information content (AvgIpc) is 2.19. The van der Waals surface area contributed by atoms with E-state index in [1.54, 1.807) is 0 Å². The molecule has 0 heterocycles. The summed E-state index contributed by atoms with van der Waals surface area (Å²) in [6.07, 6.45) is -0.425. The average molecular weight is 206 g/mol. The molecule has 1 unspecified atom stereocenters. The van der Waals surface area contributed by atoms with Crippen molar-refractivity contribution in [1.82, 2.24) is 0 Å². The molecule has 1 N–H and O–H groups in total. The van der Waals surface area contributed by atoms with Gasteiger partial charge < -0.3 is 0 Å². The van der Waals surface area contributed by atoms with Gasteiger partial charge in [-0.25, -0.2) is 4.89 Å². The molecule has 0 amide bonds. The van der Waals surface area contributed by atoms with E-state index in [1.165, 1.54) is 5.56 Å². The van der Waals surface area contributed by atoms with E-state index in [4.69, 9.17) is 5.26 Å². The minimum Gasteiger partial charge on any atom is -0.251 e. The van der Waals surface area contributed by atoms with E-state index in [0.717, 1.165) is 11.1 Å². The number of hydrogen-bond acceptors (Lipinski definition) is 2. The number of rotatable bonds is 4. The van der Waals surface area contributed by atoms with Gasteiger partial charge in [0.15, 0.2) is 0 Å². The molecule has 15 heavy (non-hydrogen) atoms.